The van der Waals surface area contributed by atoms with Gasteiger partial charge < -0.3 is 18.9 Å². The summed E-state index contributed by atoms with van der Waals surface area (Å²) >= 11 is 0. The fourth-order valence-electron chi connectivity index (χ4n) is 2.67. The van der Waals surface area contributed by atoms with Crippen molar-refractivity contribution in [3.05, 3.63) is 59.7 Å². The van der Waals surface area contributed by atoms with Gasteiger partial charge in [0.1, 0.15) is 11.5 Å². The van der Waals surface area contributed by atoms with Crippen LogP contribution in [0, 0.1) is 0 Å². The predicted octanol–water partition coefficient (Wildman–Crippen LogP) is 5.86. The van der Waals surface area contributed by atoms with E-state index < -0.39 is 12.3 Å². The lowest BCUT2D eigenvalue weighted by atomic mass is 9.78. The van der Waals surface area contributed by atoms with Crippen molar-refractivity contribution < 1.29 is 28.5 Å². The zero-order valence-corrected chi connectivity index (χ0v) is 17.7. The summed E-state index contributed by atoms with van der Waals surface area (Å²) in [5, 5.41) is 0. The quantitative estimate of drug-likeness (QED) is 0.447. The summed E-state index contributed by atoms with van der Waals surface area (Å²) < 4.78 is 20.3. The van der Waals surface area contributed by atoms with Gasteiger partial charge in [0.15, 0.2) is 0 Å². The number of hydrogen-bond acceptors (Lipinski definition) is 6. The van der Waals surface area contributed by atoms with E-state index in [-0.39, 0.29) is 17.6 Å². The lowest BCUT2D eigenvalue weighted by Gasteiger charge is -2.26. The Labute approximate surface area is 171 Å². The van der Waals surface area contributed by atoms with Crippen molar-refractivity contribution in [3.8, 4) is 11.5 Å². The number of carbonyl (C=O) groups is 2. The second kappa shape index (κ2) is 9.45. The van der Waals surface area contributed by atoms with Crippen LogP contribution in [0.15, 0.2) is 48.5 Å². The average molecular weight is 400 g/mol. The molecule has 0 amide bonds. The topological polar surface area (TPSA) is 71.1 Å². The SMILES string of the molecule is CC(C)OC(=O)Oc1ccc(C(C)(C)c2ccc(OC(=O)OC(C)C)cc2)cc1. The highest BCUT2D eigenvalue weighted by atomic mass is 16.7. The van der Waals surface area contributed by atoms with E-state index in [2.05, 4.69) is 13.8 Å². The smallest absolute Gasteiger partial charge is 0.431 e. The van der Waals surface area contributed by atoms with E-state index in [9.17, 15) is 9.59 Å². The number of ether oxygens (including phenoxy) is 4. The summed E-state index contributed by atoms with van der Waals surface area (Å²) in [7, 11) is 0. The molecule has 0 aromatic heterocycles. The standard InChI is InChI=1S/C23H28O6/c1-15(2)26-21(24)28-19-11-7-17(8-12-19)23(5,6)18-9-13-20(14-10-18)29-22(25)27-16(3)4/h7-16H,1-6H3. The molecule has 0 aliphatic carbocycles. The van der Waals surface area contributed by atoms with Gasteiger partial charge in [-0.15, -0.1) is 0 Å². The fourth-order valence-corrected chi connectivity index (χ4v) is 2.67. The summed E-state index contributed by atoms with van der Waals surface area (Å²) in [6.07, 6.45) is -1.92. The second-order valence-corrected chi connectivity index (χ2v) is 7.71. The molecule has 0 aliphatic rings. The first-order valence-corrected chi connectivity index (χ1v) is 9.56. The molecule has 2 rings (SSSR count). The van der Waals surface area contributed by atoms with Gasteiger partial charge in [0.2, 0.25) is 0 Å². The normalized spacial score (nSPS) is 11.3. The van der Waals surface area contributed by atoms with Crippen LogP contribution in [0.2, 0.25) is 0 Å². The van der Waals surface area contributed by atoms with Gasteiger partial charge in [0.25, 0.3) is 0 Å². The van der Waals surface area contributed by atoms with E-state index in [1.165, 1.54) is 0 Å². The number of hydrogen-bond donors (Lipinski definition) is 0. The van der Waals surface area contributed by atoms with Crippen molar-refractivity contribution in [1.29, 1.82) is 0 Å². The number of benzene rings is 2. The fraction of sp³-hybridized carbons (Fsp3) is 0.391. The Kier molecular flexibility index (Phi) is 7.26. The van der Waals surface area contributed by atoms with Gasteiger partial charge in [0, 0.05) is 5.41 Å². The third-order valence-electron chi connectivity index (χ3n) is 4.22. The number of carbonyl (C=O) groups excluding carboxylic acids is 2. The molecule has 0 unspecified atom stereocenters. The van der Waals surface area contributed by atoms with Crippen molar-refractivity contribution in [3.63, 3.8) is 0 Å². The molecule has 2 aromatic carbocycles. The molecule has 0 atom stereocenters. The largest absolute Gasteiger partial charge is 0.514 e. The Balaban J connectivity index is 2.07. The van der Waals surface area contributed by atoms with Crippen LogP contribution in [0.3, 0.4) is 0 Å². The molecule has 29 heavy (non-hydrogen) atoms. The summed E-state index contributed by atoms with van der Waals surface area (Å²) in [5.74, 6) is 0.838. The summed E-state index contributed by atoms with van der Waals surface area (Å²) in [6, 6.07) is 14.6. The molecule has 0 bridgehead atoms. The molecule has 0 aliphatic heterocycles. The molecular formula is C23H28O6. The molecule has 2 aromatic rings. The van der Waals surface area contributed by atoms with Crippen LogP contribution in [0.5, 0.6) is 11.5 Å². The molecule has 156 valence electrons. The lowest BCUT2D eigenvalue weighted by Crippen LogP contribution is -2.19. The first kappa shape index (κ1) is 22.3. The van der Waals surface area contributed by atoms with Gasteiger partial charge >= 0.3 is 12.3 Å². The minimum absolute atomic E-state index is 0.236. The van der Waals surface area contributed by atoms with E-state index >= 15 is 0 Å². The third kappa shape index (κ3) is 6.52. The highest BCUT2D eigenvalue weighted by molar-refractivity contribution is 5.64. The Hall–Kier alpha value is -3.02. The minimum Gasteiger partial charge on any atom is -0.431 e. The summed E-state index contributed by atoms with van der Waals surface area (Å²) in [4.78, 5) is 23.2. The molecule has 6 heteroatoms. The van der Waals surface area contributed by atoms with Gasteiger partial charge in [0.05, 0.1) is 12.2 Å². The van der Waals surface area contributed by atoms with Gasteiger partial charge in [-0.2, -0.15) is 0 Å². The van der Waals surface area contributed by atoms with E-state index in [0.29, 0.717) is 11.5 Å². The van der Waals surface area contributed by atoms with E-state index in [4.69, 9.17) is 18.9 Å². The van der Waals surface area contributed by atoms with Crippen LogP contribution in [0.4, 0.5) is 9.59 Å². The van der Waals surface area contributed by atoms with Gasteiger partial charge in [-0.1, -0.05) is 38.1 Å². The Bertz CT molecular complexity index is 750. The van der Waals surface area contributed by atoms with Crippen LogP contribution in [0.1, 0.15) is 52.7 Å². The van der Waals surface area contributed by atoms with Crippen LogP contribution in [-0.2, 0) is 14.9 Å². The second-order valence-electron chi connectivity index (χ2n) is 7.71. The zero-order valence-electron chi connectivity index (χ0n) is 17.7. The monoisotopic (exact) mass is 400 g/mol. The van der Waals surface area contributed by atoms with E-state index in [1.54, 1.807) is 52.0 Å². The maximum absolute atomic E-state index is 11.6. The maximum Gasteiger partial charge on any atom is 0.514 e. The molecule has 0 saturated carbocycles. The molecule has 6 nitrogen and oxygen atoms in total. The minimum atomic E-state index is -0.724. The maximum atomic E-state index is 11.6. The third-order valence-corrected chi connectivity index (χ3v) is 4.22. The average Bonchev–Trinajstić information content (AvgIpc) is 2.61. The summed E-state index contributed by atoms with van der Waals surface area (Å²) in [6.45, 7) is 11.2. The first-order valence-electron chi connectivity index (χ1n) is 9.56. The van der Waals surface area contributed by atoms with Crippen molar-refractivity contribution in [2.24, 2.45) is 0 Å². The first-order chi connectivity index (χ1) is 13.6. The summed E-state index contributed by atoms with van der Waals surface area (Å²) in [5.41, 5.74) is 1.76. The Morgan fingerprint density at radius 3 is 1.24 bits per heavy atom. The van der Waals surface area contributed by atoms with Crippen LogP contribution in [-0.4, -0.2) is 24.5 Å². The predicted molar refractivity (Wildman–Crippen MR) is 110 cm³/mol. The Morgan fingerprint density at radius 2 is 0.966 bits per heavy atom. The molecule has 0 heterocycles. The Morgan fingerprint density at radius 1 is 0.655 bits per heavy atom. The van der Waals surface area contributed by atoms with Crippen molar-refractivity contribution >= 4 is 12.3 Å². The molecule has 0 radical (unpaired) electrons. The van der Waals surface area contributed by atoms with Gasteiger partial charge in [-0.25, -0.2) is 9.59 Å². The molecule has 0 N–H and O–H groups in total. The molecule has 0 spiro atoms. The number of rotatable bonds is 6. The van der Waals surface area contributed by atoms with Crippen molar-refractivity contribution in [2.45, 2.75) is 59.2 Å². The van der Waals surface area contributed by atoms with Gasteiger partial charge in [-0.05, 0) is 63.1 Å². The molecule has 0 saturated heterocycles. The van der Waals surface area contributed by atoms with Crippen LogP contribution < -0.4 is 9.47 Å². The van der Waals surface area contributed by atoms with E-state index in [0.717, 1.165) is 11.1 Å². The lowest BCUT2D eigenvalue weighted by molar-refractivity contribution is 0.0717. The highest BCUT2D eigenvalue weighted by Gasteiger charge is 2.23. The van der Waals surface area contributed by atoms with Gasteiger partial charge in [-0.3, -0.25) is 0 Å². The van der Waals surface area contributed by atoms with Crippen LogP contribution in [0.25, 0.3) is 0 Å². The molecular weight excluding hydrogens is 372 g/mol. The van der Waals surface area contributed by atoms with Crippen molar-refractivity contribution in [2.75, 3.05) is 0 Å². The van der Waals surface area contributed by atoms with Crippen molar-refractivity contribution in [1.82, 2.24) is 0 Å². The van der Waals surface area contributed by atoms with E-state index in [1.807, 2.05) is 24.3 Å². The molecule has 0 fully saturated rings. The zero-order chi connectivity index (χ0) is 21.6. The highest BCUT2D eigenvalue weighted by Crippen LogP contribution is 2.33. The van der Waals surface area contributed by atoms with Crippen LogP contribution >= 0.6 is 0 Å².